The molecule has 1 N–H and O–H groups in total. The number of pyridine rings is 1. The Morgan fingerprint density at radius 3 is 3.16 bits per heavy atom. The molecule has 0 aliphatic carbocycles. The van der Waals surface area contributed by atoms with Crippen molar-refractivity contribution in [2.24, 2.45) is 0 Å². The van der Waals surface area contributed by atoms with E-state index in [1.54, 1.807) is 6.20 Å². The quantitative estimate of drug-likeness (QED) is 0.908. The number of hydrogen-bond donors (Lipinski definition) is 1. The fourth-order valence-corrected chi connectivity index (χ4v) is 2.49. The van der Waals surface area contributed by atoms with Crippen LogP contribution in [0.15, 0.2) is 24.5 Å². The summed E-state index contributed by atoms with van der Waals surface area (Å²) >= 11 is 0. The highest BCUT2D eigenvalue weighted by molar-refractivity contribution is 5.13. The molecule has 1 aliphatic rings. The minimum atomic E-state index is 0.269. The van der Waals surface area contributed by atoms with Gasteiger partial charge in [-0.3, -0.25) is 4.98 Å². The molecule has 0 fully saturated rings. The van der Waals surface area contributed by atoms with Crippen LogP contribution in [0.3, 0.4) is 0 Å². The molecule has 2 aromatic rings. The van der Waals surface area contributed by atoms with E-state index in [-0.39, 0.29) is 6.04 Å². The van der Waals surface area contributed by atoms with Gasteiger partial charge in [-0.1, -0.05) is 6.07 Å². The number of aromatic nitrogens is 4. The minimum absolute atomic E-state index is 0.269. The van der Waals surface area contributed by atoms with Crippen LogP contribution >= 0.6 is 0 Å². The van der Waals surface area contributed by atoms with Gasteiger partial charge in [-0.2, -0.15) is 0 Å². The van der Waals surface area contributed by atoms with Crippen molar-refractivity contribution >= 4 is 0 Å². The maximum atomic E-state index is 4.30. The van der Waals surface area contributed by atoms with E-state index in [0.29, 0.717) is 0 Å². The lowest BCUT2D eigenvalue weighted by Gasteiger charge is -2.17. The molecule has 1 atom stereocenters. The van der Waals surface area contributed by atoms with Crippen molar-refractivity contribution in [1.29, 1.82) is 0 Å². The average molecular weight is 257 g/mol. The van der Waals surface area contributed by atoms with Gasteiger partial charge in [0.25, 0.3) is 0 Å². The number of nitrogens with one attached hydrogen (secondary N) is 1. The molecule has 100 valence electrons. The molecule has 19 heavy (non-hydrogen) atoms. The van der Waals surface area contributed by atoms with E-state index in [1.165, 1.54) is 18.4 Å². The van der Waals surface area contributed by atoms with Gasteiger partial charge in [0.15, 0.2) is 0 Å². The van der Waals surface area contributed by atoms with Crippen LogP contribution in [-0.2, 0) is 19.5 Å². The molecule has 0 radical (unpaired) electrons. The van der Waals surface area contributed by atoms with Crippen molar-refractivity contribution in [2.75, 3.05) is 0 Å². The van der Waals surface area contributed by atoms with Gasteiger partial charge in [-0.25, -0.2) is 0 Å². The molecule has 1 aliphatic heterocycles. The highest BCUT2D eigenvalue weighted by Gasteiger charge is 2.16. The summed E-state index contributed by atoms with van der Waals surface area (Å²) < 4.78 is 2.26. The van der Waals surface area contributed by atoms with E-state index in [4.69, 9.17) is 0 Å². The van der Waals surface area contributed by atoms with Gasteiger partial charge >= 0.3 is 0 Å². The number of aryl methyl sites for hydroxylation is 1. The molecule has 5 heteroatoms. The number of nitrogens with zero attached hydrogens (tertiary/aromatic N) is 4. The van der Waals surface area contributed by atoms with E-state index in [0.717, 1.165) is 31.2 Å². The Balaban J connectivity index is 1.65. The average Bonchev–Trinajstić information content (AvgIpc) is 2.89. The second-order valence-electron chi connectivity index (χ2n) is 5.03. The van der Waals surface area contributed by atoms with Gasteiger partial charge in [-0.15, -0.1) is 10.2 Å². The minimum Gasteiger partial charge on any atom is -0.314 e. The third kappa shape index (κ3) is 2.66. The predicted octanol–water partition coefficient (Wildman–Crippen LogP) is 1.86. The topological polar surface area (TPSA) is 55.6 Å². The van der Waals surface area contributed by atoms with Crippen LogP contribution in [-0.4, -0.2) is 19.7 Å². The van der Waals surface area contributed by atoms with Crippen LogP contribution in [0.1, 0.15) is 43.0 Å². The van der Waals surface area contributed by atoms with E-state index in [9.17, 15) is 0 Å². The fraction of sp³-hybridized carbons (Fsp3) is 0.500. The lowest BCUT2D eigenvalue weighted by atomic mass is 10.1. The Labute approximate surface area is 113 Å². The first-order valence-corrected chi connectivity index (χ1v) is 6.89. The lowest BCUT2D eigenvalue weighted by molar-refractivity contribution is 0.483. The van der Waals surface area contributed by atoms with Crippen molar-refractivity contribution in [3.63, 3.8) is 0 Å². The monoisotopic (exact) mass is 257 g/mol. The number of fused-ring (bicyclic) bond motifs is 1. The second-order valence-corrected chi connectivity index (χ2v) is 5.03. The van der Waals surface area contributed by atoms with E-state index in [1.807, 2.05) is 12.3 Å². The largest absolute Gasteiger partial charge is 0.314 e. The molecule has 0 unspecified atom stereocenters. The number of rotatable bonds is 4. The summed E-state index contributed by atoms with van der Waals surface area (Å²) in [4.78, 5) is 4.15. The Hall–Kier alpha value is -1.75. The summed E-state index contributed by atoms with van der Waals surface area (Å²) in [6.07, 6.45) is 7.22. The Morgan fingerprint density at radius 1 is 1.37 bits per heavy atom. The van der Waals surface area contributed by atoms with Gasteiger partial charge < -0.3 is 9.88 Å². The van der Waals surface area contributed by atoms with E-state index >= 15 is 0 Å². The normalized spacial score (nSPS) is 16.1. The maximum absolute atomic E-state index is 4.30. The molecule has 5 nitrogen and oxygen atoms in total. The lowest BCUT2D eigenvalue weighted by Crippen LogP contribution is -2.22. The highest BCUT2D eigenvalue weighted by Crippen LogP contribution is 2.15. The summed E-state index contributed by atoms with van der Waals surface area (Å²) in [6.45, 7) is 3.95. The summed E-state index contributed by atoms with van der Waals surface area (Å²) in [5, 5.41) is 12.1. The van der Waals surface area contributed by atoms with Gasteiger partial charge in [0.2, 0.25) is 0 Å². The molecule has 0 bridgehead atoms. The first-order valence-electron chi connectivity index (χ1n) is 6.89. The Bertz CT molecular complexity index is 534. The summed E-state index contributed by atoms with van der Waals surface area (Å²) in [6, 6.07) is 4.32. The van der Waals surface area contributed by atoms with Crippen molar-refractivity contribution in [1.82, 2.24) is 25.1 Å². The van der Waals surface area contributed by atoms with Crippen LogP contribution in [0.25, 0.3) is 0 Å². The van der Waals surface area contributed by atoms with Crippen LogP contribution < -0.4 is 5.32 Å². The Morgan fingerprint density at radius 2 is 2.32 bits per heavy atom. The van der Waals surface area contributed by atoms with Crippen molar-refractivity contribution in [2.45, 2.75) is 45.3 Å². The maximum Gasteiger partial charge on any atom is 0.147 e. The summed E-state index contributed by atoms with van der Waals surface area (Å²) in [5.41, 5.74) is 1.20. The van der Waals surface area contributed by atoms with Crippen molar-refractivity contribution < 1.29 is 0 Å². The summed E-state index contributed by atoms with van der Waals surface area (Å²) in [5.74, 6) is 2.18. The first kappa shape index (κ1) is 12.3. The van der Waals surface area contributed by atoms with E-state index in [2.05, 4.69) is 38.1 Å². The first-order chi connectivity index (χ1) is 9.34. The highest BCUT2D eigenvalue weighted by atomic mass is 15.3. The smallest absolute Gasteiger partial charge is 0.147 e. The second kappa shape index (κ2) is 5.48. The molecule has 3 heterocycles. The fourth-order valence-electron chi connectivity index (χ4n) is 2.49. The standard InChI is InChI=1S/C14H19N5/c1-11(12-5-4-7-15-9-12)16-10-14-18-17-13-6-2-3-8-19(13)14/h4-5,7,9,11,16H,2-3,6,8,10H2,1H3/t11-/m0/s1. The molecular weight excluding hydrogens is 238 g/mol. The zero-order valence-electron chi connectivity index (χ0n) is 11.2. The molecule has 3 rings (SSSR count). The molecule has 0 saturated heterocycles. The van der Waals surface area contributed by atoms with Crippen LogP contribution in [0.4, 0.5) is 0 Å². The number of hydrogen-bond acceptors (Lipinski definition) is 4. The van der Waals surface area contributed by atoms with Gasteiger partial charge in [0, 0.05) is 31.4 Å². The molecule has 0 aromatic carbocycles. The van der Waals surface area contributed by atoms with Crippen LogP contribution in [0.5, 0.6) is 0 Å². The van der Waals surface area contributed by atoms with Gasteiger partial charge in [0.05, 0.1) is 6.54 Å². The zero-order valence-corrected chi connectivity index (χ0v) is 11.2. The van der Waals surface area contributed by atoms with Crippen molar-refractivity contribution in [3.8, 4) is 0 Å². The van der Waals surface area contributed by atoms with Gasteiger partial charge in [0.1, 0.15) is 11.6 Å². The predicted molar refractivity (Wildman–Crippen MR) is 72.5 cm³/mol. The van der Waals surface area contributed by atoms with Crippen molar-refractivity contribution in [3.05, 3.63) is 41.7 Å². The van der Waals surface area contributed by atoms with E-state index < -0.39 is 0 Å². The van der Waals surface area contributed by atoms with Crippen LogP contribution in [0.2, 0.25) is 0 Å². The molecular formula is C14H19N5. The van der Waals surface area contributed by atoms with Gasteiger partial charge in [-0.05, 0) is 31.4 Å². The molecule has 0 saturated carbocycles. The Kier molecular flexibility index (Phi) is 3.55. The molecule has 0 spiro atoms. The molecule has 0 amide bonds. The third-order valence-corrected chi connectivity index (χ3v) is 3.69. The molecule has 2 aromatic heterocycles. The SMILES string of the molecule is C[C@H](NCc1nnc2n1CCCC2)c1cccnc1. The van der Waals surface area contributed by atoms with Crippen LogP contribution in [0, 0.1) is 0 Å². The zero-order chi connectivity index (χ0) is 13.1. The third-order valence-electron chi connectivity index (χ3n) is 3.69. The summed E-state index contributed by atoms with van der Waals surface area (Å²) in [7, 11) is 0.